The van der Waals surface area contributed by atoms with Crippen molar-refractivity contribution in [3.8, 4) is 11.1 Å². The van der Waals surface area contributed by atoms with Gasteiger partial charge in [-0.2, -0.15) is 4.31 Å². The van der Waals surface area contributed by atoms with Crippen LogP contribution >= 0.6 is 0 Å². The SMILES string of the molecule is Cc1c(NC2COC2)cccc1-c1ccc(C(N)=O)c2[nH]c(C3=CCN(S(C)(=O)=O)CC3)cc12. The first-order valence-corrected chi connectivity index (χ1v) is 13.1. The molecular weight excluding hydrogens is 452 g/mol. The third-order valence-electron chi connectivity index (χ3n) is 6.67. The van der Waals surface area contributed by atoms with E-state index in [1.807, 2.05) is 24.3 Å². The van der Waals surface area contributed by atoms with Gasteiger partial charge in [0.1, 0.15) is 0 Å². The maximum Gasteiger partial charge on any atom is 0.250 e. The number of anilines is 1. The quantitative estimate of drug-likeness (QED) is 0.501. The number of nitrogens with one attached hydrogen (secondary N) is 2. The van der Waals surface area contributed by atoms with Crippen LogP contribution in [0.1, 0.15) is 28.0 Å². The van der Waals surface area contributed by atoms with Crippen LogP contribution in [0.3, 0.4) is 0 Å². The number of primary amides is 1. The van der Waals surface area contributed by atoms with Crippen LogP contribution in [0.25, 0.3) is 27.6 Å². The van der Waals surface area contributed by atoms with Crippen molar-refractivity contribution in [2.75, 3.05) is 37.9 Å². The van der Waals surface area contributed by atoms with Crippen molar-refractivity contribution < 1.29 is 17.9 Å². The largest absolute Gasteiger partial charge is 0.377 e. The maximum atomic E-state index is 12.2. The Morgan fingerprint density at radius 1 is 1.21 bits per heavy atom. The lowest BCUT2D eigenvalue weighted by atomic mass is 9.94. The van der Waals surface area contributed by atoms with Gasteiger partial charge in [-0.05, 0) is 53.8 Å². The molecule has 0 atom stereocenters. The summed E-state index contributed by atoms with van der Waals surface area (Å²) in [6, 6.07) is 12.2. The summed E-state index contributed by atoms with van der Waals surface area (Å²) >= 11 is 0. The fourth-order valence-corrected chi connectivity index (χ4v) is 5.42. The van der Waals surface area contributed by atoms with Gasteiger partial charge < -0.3 is 20.8 Å². The third kappa shape index (κ3) is 4.11. The monoisotopic (exact) mass is 480 g/mol. The van der Waals surface area contributed by atoms with Crippen LogP contribution in [-0.2, 0) is 14.8 Å². The zero-order valence-corrected chi connectivity index (χ0v) is 20.0. The first-order chi connectivity index (χ1) is 16.2. The van der Waals surface area contributed by atoms with E-state index in [4.69, 9.17) is 10.5 Å². The number of carbonyl (C=O) groups excluding carboxylic acids is 1. The van der Waals surface area contributed by atoms with Crippen molar-refractivity contribution >= 4 is 38.1 Å². The second-order valence-corrected chi connectivity index (χ2v) is 10.9. The van der Waals surface area contributed by atoms with Crippen molar-refractivity contribution in [1.29, 1.82) is 0 Å². The minimum Gasteiger partial charge on any atom is -0.377 e. The van der Waals surface area contributed by atoms with Gasteiger partial charge in [-0.3, -0.25) is 4.79 Å². The second kappa shape index (κ2) is 8.57. The highest BCUT2D eigenvalue weighted by molar-refractivity contribution is 7.88. The molecule has 0 aliphatic carbocycles. The summed E-state index contributed by atoms with van der Waals surface area (Å²) < 4.78 is 30.5. The van der Waals surface area contributed by atoms with E-state index in [1.165, 1.54) is 10.6 Å². The lowest BCUT2D eigenvalue weighted by molar-refractivity contribution is 0.0211. The number of benzene rings is 2. The number of ether oxygens (including phenoxy) is 1. The lowest BCUT2D eigenvalue weighted by Crippen LogP contribution is -2.40. The van der Waals surface area contributed by atoms with E-state index in [1.54, 1.807) is 6.07 Å². The van der Waals surface area contributed by atoms with Gasteiger partial charge in [0.15, 0.2) is 0 Å². The van der Waals surface area contributed by atoms with Crippen LogP contribution in [0, 0.1) is 6.92 Å². The summed E-state index contributed by atoms with van der Waals surface area (Å²) in [6.45, 7) is 4.24. The van der Waals surface area contributed by atoms with Gasteiger partial charge >= 0.3 is 0 Å². The number of sulfonamides is 1. The molecule has 34 heavy (non-hydrogen) atoms. The van der Waals surface area contributed by atoms with Crippen LogP contribution in [0.15, 0.2) is 42.5 Å². The number of nitrogens with zero attached hydrogens (tertiary/aromatic N) is 1. The molecule has 2 aromatic carbocycles. The smallest absolute Gasteiger partial charge is 0.250 e. The molecule has 1 fully saturated rings. The molecule has 9 heteroatoms. The van der Waals surface area contributed by atoms with E-state index in [2.05, 4.69) is 29.4 Å². The molecule has 2 aliphatic rings. The molecule has 2 aliphatic heterocycles. The molecule has 0 bridgehead atoms. The number of aromatic nitrogens is 1. The number of rotatable bonds is 6. The first kappa shape index (κ1) is 22.6. The predicted molar refractivity (Wildman–Crippen MR) is 134 cm³/mol. The Balaban J connectivity index is 1.59. The van der Waals surface area contributed by atoms with Gasteiger partial charge in [0.05, 0.1) is 36.6 Å². The fraction of sp³-hybridized carbons (Fsp3) is 0.320. The van der Waals surface area contributed by atoms with Crippen molar-refractivity contribution in [3.05, 3.63) is 59.3 Å². The molecule has 178 valence electrons. The summed E-state index contributed by atoms with van der Waals surface area (Å²) in [5.41, 5.74) is 12.9. The van der Waals surface area contributed by atoms with E-state index < -0.39 is 15.9 Å². The highest BCUT2D eigenvalue weighted by Gasteiger charge is 2.23. The molecular formula is C25H28N4O4S. The third-order valence-corrected chi connectivity index (χ3v) is 7.94. The summed E-state index contributed by atoms with van der Waals surface area (Å²) in [5.74, 6) is -0.497. The summed E-state index contributed by atoms with van der Waals surface area (Å²) in [7, 11) is -3.23. The molecule has 4 N–H and O–H groups in total. The van der Waals surface area contributed by atoms with Gasteiger partial charge in [-0.15, -0.1) is 0 Å². The van der Waals surface area contributed by atoms with E-state index in [-0.39, 0.29) is 0 Å². The molecule has 3 heterocycles. The molecule has 1 saturated heterocycles. The average Bonchev–Trinajstić information content (AvgIpc) is 3.21. The minimum absolute atomic E-state index is 0.315. The van der Waals surface area contributed by atoms with Crippen molar-refractivity contribution in [1.82, 2.24) is 9.29 Å². The van der Waals surface area contributed by atoms with Crippen molar-refractivity contribution in [2.45, 2.75) is 19.4 Å². The molecule has 5 rings (SSSR count). The molecule has 0 saturated carbocycles. The van der Waals surface area contributed by atoms with Gasteiger partial charge in [0.2, 0.25) is 10.0 Å². The fourth-order valence-electron chi connectivity index (χ4n) is 4.65. The Kier molecular flexibility index (Phi) is 5.71. The Labute approximate surface area is 198 Å². The molecule has 0 radical (unpaired) electrons. The second-order valence-electron chi connectivity index (χ2n) is 8.95. The Morgan fingerprint density at radius 3 is 2.62 bits per heavy atom. The van der Waals surface area contributed by atoms with Crippen molar-refractivity contribution in [2.24, 2.45) is 5.73 Å². The summed E-state index contributed by atoms with van der Waals surface area (Å²) in [4.78, 5) is 15.6. The highest BCUT2D eigenvalue weighted by atomic mass is 32.2. The molecule has 0 unspecified atom stereocenters. The van der Waals surface area contributed by atoms with Crippen molar-refractivity contribution in [3.63, 3.8) is 0 Å². The van der Waals surface area contributed by atoms with Crippen LogP contribution < -0.4 is 11.1 Å². The standard InChI is InChI=1S/C25H28N4O4S/c1-15-18(4-3-5-22(15)27-17-13-33-14-17)19-6-7-20(25(26)30)24-21(19)12-23(28-24)16-8-10-29(11-9-16)34(2,31)32/h3-8,12,17,27-28H,9-11,13-14H2,1-2H3,(H2,26,30). The zero-order chi connectivity index (χ0) is 24.0. The predicted octanol–water partition coefficient (Wildman–Crippen LogP) is 3.10. The number of carbonyl (C=O) groups is 1. The average molecular weight is 481 g/mol. The Morgan fingerprint density at radius 2 is 2.00 bits per heavy atom. The number of hydrogen-bond acceptors (Lipinski definition) is 5. The van der Waals surface area contributed by atoms with Gasteiger partial charge in [-0.1, -0.05) is 24.3 Å². The lowest BCUT2D eigenvalue weighted by Gasteiger charge is -2.29. The van der Waals surface area contributed by atoms with E-state index in [9.17, 15) is 13.2 Å². The number of H-pyrrole nitrogens is 1. The van der Waals surface area contributed by atoms with E-state index in [0.29, 0.717) is 49.8 Å². The van der Waals surface area contributed by atoms with Crippen LogP contribution in [0.2, 0.25) is 0 Å². The summed E-state index contributed by atoms with van der Waals surface area (Å²) in [6.07, 6.45) is 3.74. The first-order valence-electron chi connectivity index (χ1n) is 11.3. The topological polar surface area (TPSA) is 118 Å². The number of nitrogens with two attached hydrogens (primary N) is 1. The molecule has 3 aromatic rings. The van der Waals surface area contributed by atoms with Crippen LogP contribution in [-0.4, -0.2) is 62.2 Å². The minimum atomic E-state index is -3.23. The molecule has 0 spiro atoms. The molecule has 8 nitrogen and oxygen atoms in total. The molecule has 1 amide bonds. The zero-order valence-electron chi connectivity index (χ0n) is 19.2. The highest BCUT2D eigenvalue weighted by Crippen LogP contribution is 2.37. The Bertz CT molecular complexity index is 1420. The Hall–Kier alpha value is -3.14. The van der Waals surface area contributed by atoms with E-state index >= 15 is 0 Å². The number of fused-ring (bicyclic) bond motifs is 1. The maximum absolute atomic E-state index is 12.2. The van der Waals surface area contributed by atoms with Crippen LogP contribution in [0.4, 0.5) is 5.69 Å². The summed E-state index contributed by atoms with van der Waals surface area (Å²) in [5, 5.41) is 4.45. The molecule has 1 aromatic heterocycles. The number of hydrogen-bond donors (Lipinski definition) is 3. The number of aromatic amines is 1. The van der Waals surface area contributed by atoms with Gasteiger partial charge in [0, 0.05) is 29.9 Å². The number of amides is 1. The van der Waals surface area contributed by atoms with Gasteiger partial charge in [-0.25, -0.2) is 8.42 Å². The van der Waals surface area contributed by atoms with Crippen LogP contribution in [0.5, 0.6) is 0 Å². The van der Waals surface area contributed by atoms with Gasteiger partial charge in [0.25, 0.3) is 5.91 Å². The van der Waals surface area contributed by atoms with E-state index in [0.717, 1.165) is 39.0 Å². The normalized spacial score (nSPS) is 17.4.